The minimum absolute atomic E-state index is 0.139. The Hall–Kier alpha value is -2.96. The monoisotopic (exact) mass is 451 g/mol. The molecule has 0 bridgehead atoms. The Kier molecular flexibility index (Phi) is 6.20. The number of anilines is 1. The molecule has 0 aliphatic carbocycles. The van der Waals surface area contributed by atoms with E-state index in [4.69, 9.17) is 21.3 Å². The predicted octanol–water partition coefficient (Wildman–Crippen LogP) is 6.12. The fourth-order valence-corrected chi connectivity index (χ4v) is 4.47. The topological polar surface area (TPSA) is 56.1 Å². The van der Waals surface area contributed by atoms with Crippen molar-refractivity contribution in [1.29, 1.82) is 0 Å². The average molecular weight is 452 g/mol. The summed E-state index contributed by atoms with van der Waals surface area (Å²) in [5.74, 6) is 0.617. The quantitative estimate of drug-likeness (QED) is 0.359. The second-order valence-corrected chi connectivity index (χ2v) is 8.87. The number of carbonyl (C=O) groups excluding carboxylic acids is 1. The number of thioether (sulfide) groups is 1. The van der Waals surface area contributed by atoms with E-state index in [9.17, 15) is 4.79 Å². The number of nitrogens with one attached hydrogen (secondary N) is 1. The molecule has 1 heterocycles. The number of carbonyl (C=O) groups is 1. The Balaban J connectivity index is 1.65. The van der Waals surface area contributed by atoms with Crippen LogP contribution in [0.25, 0.3) is 16.7 Å². The van der Waals surface area contributed by atoms with Gasteiger partial charge < -0.3 is 10.1 Å². The largest absolute Gasteiger partial charge is 0.497 e. The van der Waals surface area contributed by atoms with Gasteiger partial charge in [-0.1, -0.05) is 47.6 Å². The molecule has 4 aromatic rings. The summed E-state index contributed by atoms with van der Waals surface area (Å²) in [6.07, 6.45) is 0. The van der Waals surface area contributed by atoms with Crippen LogP contribution in [0.15, 0.2) is 71.9 Å². The molecule has 3 aromatic carbocycles. The SMILES string of the molecule is COc1cccc(-n2c(SC(C)C(=O)Nc3ccc(C)cc3Cl)nc3ccccc32)c1. The van der Waals surface area contributed by atoms with Gasteiger partial charge in [0.2, 0.25) is 5.91 Å². The van der Waals surface area contributed by atoms with Crippen LogP contribution in [-0.2, 0) is 4.79 Å². The van der Waals surface area contributed by atoms with E-state index in [0.29, 0.717) is 10.7 Å². The minimum atomic E-state index is -0.390. The lowest BCUT2D eigenvalue weighted by Gasteiger charge is -2.15. The highest BCUT2D eigenvalue weighted by atomic mass is 35.5. The minimum Gasteiger partial charge on any atom is -0.497 e. The number of para-hydroxylation sites is 2. The molecule has 4 rings (SSSR count). The molecule has 0 aliphatic heterocycles. The van der Waals surface area contributed by atoms with Gasteiger partial charge in [0.05, 0.1) is 39.8 Å². The van der Waals surface area contributed by atoms with Crippen LogP contribution < -0.4 is 10.1 Å². The fraction of sp³-hybridized carbons (Fsp3) is 0.167. The number of benzene rings is 3. The molecule has 1 unspecified atom stereocenters. The van der Waals surface area contributed by atoms with Crippen molar-refractivity contribution in [3.63, 3.8) is 0 Å². The van der Waals surface area contributed by atoms with Gasteiger partial charge in [0.15, 0.2) is 5.16 Å². The van der Waals surface area contributed by atoms with Crippen molar-refractivity contribution in [2.45, 2.75) is 24.3 Å². The normalized spacial score (nSPS) is 12.0. The predicted molar refractivity (Wildman–Crippen MR) is 128 cm³/mol. The third kappa shape index (κ3) is 4.55. The smallest absolute Gasteiger partial charge is 0.237 e. The maximum atomic E-state index is 12.9. The van der Waals surface area contributed by atoms with Crippen LogP contribution in [0.1, 0.15) is 12.5 Å². The molecule has 1 N–H and O–H groups in total. The third-order valence-corrected chi connectivity index (χ3v) is 6.24. The Morgan fingerprint density at radius 1 is 1.13 bits per heavy atom. The lowest BCUT2D eigenvalue weighted by atomic mass is 10.2. The Morgan fingerprint density at radius 2 is 1.94 bits per heavy atom. The summed E-state index contributed by atoms with van der Waals surface area (Å²) in [7, 11) is 1.64. The number of methoxy groups -OCH3 is 1. The molecule has 1 atom stereocenters. The third-order valence-electron chi connectivity index (χ3n) is 4.88. The van der Waals surface area contributed by atoms with Gasteiger partial charge >= 0.3 is 0 Å². The van der Waals surface area contributed by atoms with Gasteiger partial charge in [0.1, 0.15) is 5.75 Å². The zero-order chi connectivity index (χ0) is 22.0. The van der Waals surface area contributed by atoms with E-state index < -0.39 is 5.25 Å². The summed E-state index contributed by atoms with van der Waals surface area (Å²) in [4.78, 5) is 17.7. The number of aromatic nitrogens is 2. The first-order chi connectivity index (χ1) is 15.0. The molecule has 0 fully saturated rings. The van der Waals surface area contributed by atoms with Gasteiger partial charge in [-0.15, -0.1) is 0 Å². The van der Waals surface area contributed by atoms with Crippen LogP contribution >= 0.6 is 23.4 Å². The zero-order valence-electron chi connectivity index (χ0n) is 17.4. The molecule has 0 radical (unpaired) electrons. The molecule has 31 heavy (non-hydrogen) atoms. The number of ether oxygens (including phenoxy) is 1. The summed E-state index contributed by atoms with van der Waals surface area (Å²) >= 11 is 7.67. The van der Waals surface area contributed by atoms with E-state index in [1.165, 1.54) is 11.8 Å². The highest BCUT2D eigenvalue weighted by Crippen LogP contribution is 2.32. The number of fused-ring (bicyclic) bond motifs is 1. The van der Waals surface area contributed by atoms with E-state index in [2.05, 4.69) is 5.32 Å². The number of aryl methyl sites for hydroxylation is 1. The van der Waals surface area contributed by atoms with Crippen molar-refractivity contribution in [3.8, 4) is 11.4 Å². The Morgan fingerprint density at radius 3 is 2.71 bits per heavy atom. The average Bonchev–Trinajstić information content (AvgIpc) is 3.13. The van der Waals surface area contributed by atoms with Crippen LogP contribution in [0.3, 0.4) is 0 Å². The van der Waals surface area contributed by atoms with Crippen molar-refractivity contribution in [2.75, 3.05) is 12.4 Å². The van der Waals surface area contributed by atoms with Crippen LogP contribution in [0.4, 0.5) is 5.69 Å². The van der Waals surface area contributed by atoms with Gasteiger partial charge in [0, 0.05) is 6.07 Å². The number of hydrogen-bond donors (Lipinski definition) is 1. The molecule has 0 saturated heterocycles. The molecule has 0 saturated carbocycles. The van der Waals surface area contributed by atoms with Gasteiger partial charge in [-0.25, -0.2) is 4.98 Å². The maximum absolute atomic E-state index is 12.9. The summed E-state index contributed by atoms with van der Waals surface area (Å²) < 4.78 is 7.44. The lowest BCUT2D eigenvalue weighted by Crippen LogP contribution is -2.23. The standard InChI is InChI=1S/C24H22ClN3O2S/c1-15-11-12-20(19(25)13-15)26-23(29)16(2)31-24-27-21-9-4-5-10-22(21)28(24)17-7-6-8-18(14-17)30-3/h4-14,16H,1-3H3,(H,26,29). The van der Waals surface area contributed by atoms with E-state index in [0.717, 1.165) is 33.2 Å². The second-order valence-electron chi connectivity index (χ2n) is 7.15. The lowest BCUT2D eigenvalue weighted by molar-refractivity contribution is -0.115. The van der Waals surface area contributed by atoms with Crippen molar-refractivity contribution >= 4 is 46.0 Å². The van der Waals surface area contributed by atoms with Crippen LogP contribution in [-0.4, -0.2) is 27.8 Å². The van der Waals surface area contributed by atoms with Gasteiger partial charge in [0.25, 0.3) is 0 Å². The number of imidazole rings is 1. The molecule has 158 valence electrons. The van der Waals surface area contributed by atoms with Crippen molar-refractivity contribution in [2.24, 2.45) is 0 Å². The highest BCUT2D eigenvalue weighted by molar-refractivity contribution is 8.00. The van der Waals surface area contributed by atoms with Gasteiger partial charge in [-0.2, -0.15) is 0 Å². The van der Waals surface area contributed by atoms with E-state index in [1.807, 2.05) is 85.1 Å². The van der Waals surface area contributed by atoms with E-state index in [-0.39, 0.29) is 5.91 Å². The number of amides is 1. The van der Waals surface area contributed by atoms with Crippen molar-refractivity contribution in [3.05, 3.63) is 77.3 Å². The summed E-state index contributed by atoms with van der Waals surface area (Å²) in [6, 6.07) is 21.3. The number of hydrogen-bond acceptors (Lipinski definition) is 4. The van der Waals surface area contributed by atoms with Crippen molar-refractivity contribution in [1.82, 2.24) is 9.55 Å². The van der Waals surface area contributed by atoms with E-state index in [1.54, 1.807) is 7.11 Å². The van der Waals surface area contributed by atoms with Crippen molar-refractivity contribution < 1.29 is 9.53 Å². The zero-order valence-corrected chi connectivity index (χ0v) is 19.0. The molecule has 1 amide bonds. The van der Waals surface area contributed by atoms with Crippen LogP contribution in [0, 0.1) is 6.92 Å². The molecule has 0 aliphatic rings. The first-order valence-electron chi connectivity index (χ1n) is 9.82. The fourth-order valence-electron chi connectivity index (χ4n) is 3.25. The Bertz CT molecular complexity index is 1250. The van der Waals surface area contributed by atoms with Gasteiger partial charge in [-0.05, 0) is 55.8 Å². The second kappa shape index (κ2) is 9.04. The summed E-state index contributed by atoms with van der Waals surface area (Å²) in [6.45, 7) is 3.82. The van der Waals surface area contributed by atoms with Crippen LogP contribution in [0.5, 0.6) is 5.75 Å². The molecule has 7 heteroatoms. The molecule has 0 spiro atoms. The molecular weight excluding hydrogens is 430 g/mol. The number of rotatable bonds is 6. The molecule has 5 nitrogen and oxygen atoms in total. The van der Waals surface area contributed by atoms with E-state index >= 15 is 0 Å². The van der Waals surface area contributed by atoms with Gasteiger partial charge in [-0.3, -0.25) is 9.36 Å². The number of nitrogens with zero attached hydrogens (tertiary/aromatic N) is 2. The highest BCUT2D eigenvalue weighted by Gasteiger charge is 2.21. The summed E-state index contributed by atoms with van der Waals surface area (Å²) in [5.41, 5.74) is 4.39. The Labute approximate surface area is 190 Å². The molecule has 1 aromatic heterocycles. The maximum Gasteiger partial charge on any atom is 0.237 e. The first-order valence-corrected chi connectivity index (χ1v) is 11.1. The number of halogens is 1. The first kappa shape index (κ1) is 21.3. The molecular formula is C24H22ClN3O2S. The van der Waals surface area contributed by atoms with Crippen LogP contribution in [0.2, 0.25) is 5.02 Å². The summed E-state index contributed by atoms with van der Waals surface area (Å²) in [5, 5.41) is 3.78.